The van der Waals surface area contributed by atoms with Gasteiger partial charge in [-0.3, -0.25) is 4.68 Å². The second-order valence-electron chi connectivity index (χ2n) is 5.73. The summed E-state index contributed by atoms with van der Waals surface area (Å²) in [6, 6.07) is 6.49. The number of nitrogens with zero attached hydrogens (tertiary/aromatic N) is 2. The van der Waals surface area contributed by atoms with Crippen LogP contribution in [0.15, 0.2) is 24.4 Å². The molecule has 0 saturated carbocycles. The highest BCUT2D eigenvalue weighted by molar-refractivity contribution is 5.37. The third kappa shape index (κ3) is 4.56. The van der Waals surface area contributed by atoms with Crippen LogP contribution in [-0.4, -0.2) is 23.5 Å². The van der Waals surface area contributed by atoms with Crippen molar-refractivity contribution in [3.8, 4) is 5.75 Å². The summed E-state index contributed by atoms with van der Waals surface area (Å²) in [5, 5.41) is 7.96. The van der Waals surface area contributed by atoms with Crippen molar-refractivity contribution in [2.75, 3.05) is 13.7 Å². The predicted octanol–water partition coefficient (Wildman–Crippen LogP) is 3.12. The van der Waals surface area contributed by atoms with Crippen LogP contribution in [0.25, 0.3) is 0 Å². The molecule has 126 valence electrons. The molecule has 0 fully saturated rings. The Kier molecular flexibility index (Phi) is 6.19. The van der Waals surface area contributed by atoms with Gasteiger partial charge in [-0.2, -0.15) is 5.10 Å². The SMILES string of the molecule is CCOCc1cc(CNC(C)c2cn(C)nc2C)ccc1OC. The lowest BCUT2D eigenvalue weighted by molar-refractivity contribution is 0.132. The summed E-state index contributed by atoms with van der Waals surface area (Å²) < 4.78 is 12.8. The molecule has 0 aliphatic carbocycles. The van der Waals surface area contributed by atoms with Gasteiger partial charge in [0.15, 0.2) is 0 Å². The van der Waals surface area contributed by atoms with Crippen LogP contribution in [0.4, 0.5) is 0 Å². The van der Waals surface area contributed by atoms with E-state index in [0.29, 0.717) is 13.2 Å². The zero-order valence-electron chi connectivity index (χ0n) is 14.7. The van der Waals surface area contributed by atoms with E-state index in [1.807, 2.05) is 31.6 Å². The Balaban J connectivity index is 2.03. The van der Waals surface area contributed by atoms with Crippen molar-refractivity contribution in [2.24, 2.45) is 7.05 Å². The zero-order valence-corrected chi connectivity index (χ0v) is 14.7. The summed E-state index contributed by atoms with van der Waals surface area (Å²) in [5.41, 5.74) is 4.60. The van der Waals surface area contributed by atoms with E-state index < -0.39 is 0 Å². The zero-order chi connectivity index (χ0) is 16.8. The van der Waals surface area contributed by atoms with E-state index in [1.165, 1.54) is 11.1 Å². The number of aryl methyl sites for hydroxylation is 2. The molecule has 1 atom stereocenters. The fourth-order valence-corrected chi connectivity index (χ4v) is 2.69. The van der Waals surface area contributed by atoms with E-state index >= 15 is 0 Å². The topological polar surface area (TPSA) is 48.3 Å². The molecule has 1 aromatic carbocycles. The highest BCUT2D eigenvalue weighted by Crippen LogP contribution is 2.22. The molecule has 0 saturated heterocycles. The van der Waals surface area contributed by atoms with Gasteiger partial charge in [0.2, 0.25) is 0 Å². The van der Waals surface area contributed by atoms with Gasteiger partial charge in [0, 0.05) is 43.6 Å². The molecule has 5 heteroatoms. The first-order chi connectivity index (χ1) is 11.0. The van der Waals surface area contributed by atoms with E-state index in [0.717, 1.165) is 23.6 Å². The third-order valence-electron chi connectivity index (χ3n) is 3.94. The fraction of sp³-hybridized carbons (Fsp3) is 0.500. The lowest BCUT2D eigenvalue weighted by Gasteiger charge is -2.15. The highest BCUT2D eigenvalue weighted by atomic mass is 16.5. The van der Waals surface area contributed by atoms with Gasteiger partial charge in [-0.05, 0) is 38.5 Å². The summed E-state index contributed by atoms with van der Waals surface area (Å²) in [5.74, 6) is 0.873. The van der Waals surface area contributed by atoms with Crippen molar-refractivity contribution in [3.63, 3.8) is 0 Å². The molecule has 1 N–H and O–H groups in total. The predicted molar refractivity (Wildman–Crippen MR) is 91.5 cm³/mol. The highest BCUT2D eigenvalue weighted by Gasteiger charge is 2.12. The van der Waals surface area contributed by atoms with Crippen LogP contribution < -0.4 is 10.1 Å². The molecule has 5 nitrogen and oxygen atoms in total. The number of aromatic nitrogens is 2. The van der Waals surface area contributed by atoms with Crippen molar-refractivity contribution >= 4 is 0 Å². The van der Waals surface area contributed by atoms with Gasteiger partial charge in [0.25, 0.3) is 0 Å². The Bertz CT molecular complexity index is 637. The van der Waals surface area contributed by atoms with Crippen molar-refractivity contribution in [3.05, 3.63) is 46.8 Å². The summed E-state index contributed by atoms with van der Waals surface area (Å²) >= 11 is 0. The van der Waals surface area contributed by atoms with Crippen molar-refractivity contribution < 1.29 is 9.47 Å². The van der Waals surface area contributed by atoms with Gasteiger partial charge in [-0.15, -0.1) is 0 Å². The average Bonchev–Trinajstić information content (AvgIpc) is 2.89. The van der Waals surface area contributed by atoms with Crippen molar-refractivity contribution in [1.82, 2.24) is 15.1 Å². The number of ether oxygens (including phenoxy) is 2. The van der Waals surface area contributed by atoms with Crippen LogP contribution in [0.3, 0.4) is 0 Å². The standard InChI is InChI=1S/C18H27N3O2/c1-6-23-12-16-9-15(7-8-18(16)22-5)10-19-13(2)17-11-21(4)20-14(17)3/h7-9,11,13,19H,6,10,12H2,1-5H3. The number of rotatable bonds is 8. The van der Waals surface area contributed by atoms with Crippen molar-refractivity contribution in [2.45, 2.75) is 40.0 Å². The number of nitrogens with one attached hydrogen (secondary N) is 1. The maximum atomic E-state index is 5.52. The molecule has 0 spiro atoms. The first-order valence-electron chi connectivity index (χ1n) is 8.02. The monoisotopic (exact) mass is 317 g/mol. The average molecular weight is 317 g/mol. The first kappa shape index (κ1) is 17.5. The van der Waals surface area contributed by atoms with Crippen LogP contribution in [-0.2, 0) is 24.9 Å². The Morgan fingerprint density at radius 2 is 2.13 bits per heavy atom. The molecule has 2 aromatic rings. The second-order valence-corrected chi connectivity index (χ2v) is 5.73. The van der Waals surface area contributed by atoms with Crippen LogP contribution in [0.2, 0.25) is 0 Å². The van der Waals surface area contributed by atoms with Gasteiger partial charge < -0.3 is 14.8 Å². The van der Waals surface area contributed by atoms with Gasteiger partial charge >= 0.3 is 0 Å². The normalized spacial score (nSPS) is 12.4. The summed E-state index contributed by atoms with van der Waals surface area (Å²) in [6.07, 6.45) is 2.07. The molecule has 0 bridgehead atoms. The van der Waals surface area contributed by atoms with Crippen LogP contribution in [0.1, 0.15) is 42.3 Å². The minimum absolute atomic E-state index is 0.251. The minimum atomic E-state index is 0.251. The van der Waals surface area contributed by atoms with E-state index in [-0.39, 0.29) is 6.04 Å². The lowest BCUT2D eigenvalue weighted by Crippen LogP contribution is -2.18. The Morgan fingerprint density at radius 1 is 1.35 bits per heavy atom. The van der Waals surface area contributed by atoms with Gasteiger partial charge in [-0.25, -0.2) is 0 Å². The lowest BCUT2D eigenvalue weighted by atomic mass is 10.1. The number of hydrogen-bond acceptors (Lipinski definition) is 4. The maximum absolute atomic E-state index is 5.52. The molecular formula is C18H27N3O2. The minimum Gasteiger partial charge on any atom is -0.496 e. The van der Waals surface area contributed by atoms with E-state index in [2.05, 4.69) is 35.7 Å². The van der Waals surface area contributed by atoms with Gasteiger partial charge in [0.1, 0.15) is 5.75 Å². The third-order valence-corrected chi connectivity index (χ3v) is 3.94. The van der Waals surface area contributed by atoms with Crippen LogP contribution in [0.5, 0.6) is 5.75 Å². The molecule has 0 amide bonds. The molecule has 1 unspecified atom stereocenters. The molecule has 0 aliphatic rings. The first-order valence-corrected chi connectivity index (χ1v) is 8.02. The van der Waals surface area contributed by atoms with Crippen LogP contribution in [0, 0.1) is 6.92 Å². The second kappa shape index (κ2) is 8.13. The molecule has 1 heterocycles. The van der Waals surface area contributed by atoms with E-state index in [9.17, 15) is 0 Å². The molecule has 2 rings (SSSR count). The fourth-order valence-electron chi connectivity index (χ4n) is 2.69. The smallest absolute Gasteiger partial charge is 0.124 e. The number of methoxy groups -OCH3 is 1. The molecule has 0 aliphatic heterocycles. The molecular weight excluding hydrogens is 290 g/mol. The van der Waals surface area contributed by atoms with E-state index in [4.69, 9.17) is 9.47 Å². The van der Waals surface area contributed by atoms with Gasteiger partial charge in [0.05, 0.1) is 19.4 Å². The largest absolute Gasteiger partial charge is 0.496 e. The number of benzene rings is 1. The Hall–Kier alpha value is -1.85. The summed E-state index contributed by atoms with van der Waals surface area (Å²) in [4.78, 5) is 0. The molecule has 23 heavy (non-hydrogen) atoms. The Labute approximate surface area is 138 Å². The maximum Gasteiger partial charge on any atom is 0.124 e. The quantitative estimate of drug-likeness (QED) is 0.812. The number of hydrogen-bond donors (Lipinski definition) is 1. The summed E-state index contributed by atoms with van der Waals surface area (Å²) in [7, 11) is 3.64. The van der Waals surface area contributed by atoms with Gasteiger partial charge in [-0.1, -0.05) is 6.07 Å². The van der Waals surface area contributed by atoms with E-state index in [1.54, 1.807) is 7.11 Å². The molecule has 1 aromatic heterocycles. The Morgan fingerprint density at radius 3 is 2.74 bits per heavy atom. The summed E-state index contributed by atoms with van der Waals surface area (Å²) in [6.45, 7) is 8.26. The molecule has 0 radical (unpaired) electrons. The van der Waals surface area contributed by atoms with Crippen LogP contribution >= 0.6 is 0 Å². The van der Waals surface area contributed by atoms with Crippen molar-refractivity contribution in [1.29, 1.82) is 0 Å².